The molecule has 0 fully saturated rings. The van der Waals surface area contributed by atoms with Crippen LogP contribution in [0.3, 0.4) is 0 Å². The van der Waals surface area contributed by atoms with Crippen LogP contribution in [0.1, 0.15) is 36.9 Å². The second kappa shape index (κ2) is 4.81. The summed E-state index contributed by atoms with van der Waals surface area (Å²) in [4.78, 5) is 0. The lowest BCUT2D eigenvalue weighted by molar-refractivity contribution is 0.186. The van der Waals surface area contributed by atoms with Crippen LogP contribution in [-0.4, -0.2) is 16.2 Å². The van der Waals surface area contributed by atoms with Gasteiger partial charge in [0.15, 0.2) is 0 Å². The van der Waals surface area contributed by atoms with Crippen molar-refractivity contribution in [2.45, 2.75) is 40.3 Å². The van der Waals surface area contributed by atoms with E-state index in [2.05, 4.69) is 25.3 Å². The van der Waals surface area contributed by atoms with Crippen LogP contribution in [0.4, 0.5) is 0 Å². The number of hydrogen-bond acceptors (Lipinski definition) is 2. The van der Waals surface area contributed by atoms with Gasteiger partial charge in [0.05, 0.1) is 6.10 Å². The van der Waals surface area contributed by atoms with Crippen molar-refractivity contribution in [1.29, 1.82) is 0 Å². The highest BCUT2D eigenvalue weighted by atomic mass is 16.3. The molecule has 15 heavy (non-hydrogen) atoms. The third-order valence-electron chi connectivity index (χ3n) is 2.74. The zero-order valence-electron chi connectivity index (χ0n) is 10.1. The lowest BCUT2D eigenvalue weighted by Gasteiger charge is -2.13. The maximum atomic E-state index is 9.74. The fourth-order valence-corrected chi connectivity index (χ4v) is 1.94. The molecule has 1 aromatic heterocycles. The van der Waals surface area contributed by atoms with E-state index >= 15 is 0 Å². The van der Waals surface area contributed by atoms with Crippen molar-refractivity contribution in [2.75, 3.05) is 6.54 Å². The first-order valence-electron chi connectivity index (χ1n) is 5.52. The molecule has 1 rings (SSSR count). The number of nitrogens with zero attached hydrogens (tertiary/aromatic N) is 1. The summed E-state index contributed by atoms with van der Waals surface area (Å²) >= 11 is 0. The zero-order valence-corrected chi connectivity index (χ0v) is 10.1. The molecule has 86 valence electrons. The predicted octanol–water partition coefficient (Wildman–Crippen LogP) is 1.75. The Bertz CT molecular complexity index is 329. The molecule has 0 amide bonds. The number of nitrogens with two attached hydrogens (primary N) is 1. The minimum atomic E-state index is -0.530. The second-order valence-corrected chi connectivity index (χ2v) is 4.58. The van der Waals surface area contributed by atoms with Crippen molar-refractivity contribution in [1.82, 2.24) is 4.57 Å². The molecule has 3 nitrogen and oxygen atoms in total. The molecule has 0 saturated heterocycles. The first kappa shape index (κ1) is 12.3. The molecule has 3 heteroatoms. The summed E-state index contributed by atoms with van der Waals surface area (Å²) in [6.45, 7) is 9.78. The van der Waals surface area contributed by atoms with Gasteiger partial charge in [0.1, 0.15) is 0 Å². The van der Waals surface area contributed by atoms with E-state index in [4.69, 9.17) is 5.73 Å². The van der Waals surface area contributed by atoms with Crippen LogP contribution in [0.2, 0.25) is 0 Å². The Morgan fingerprint density at radius 3 is 2.47 bits per heavy atom. The van der Waals surface area contributed by atoms with E-state index in [1.807, 2.05) is 13.0 Å². The molecule has 0 aliphatic rings. The normalized spacial score (nSPS) is 13.5. The van der Waals surface area contributed by atoms with Gasteiger partial charge in [-0.05, 0) is 25.8 Å². The zero-order chi connectivity index (χ0) is 11.6. The summed E-state index contributed by atoms with van der Waals surface area (Å²) < 4.78 is 2.25. The van der Waals surface area contributed by atoms with E-state index in [0.717, 1.165) is 17.8 Å². The van der Waals surface area contributed by atoms with E-state index < -0.39 is 6.10 Å². The Balaban J connectivity index is 3.03. The van der Waals surface area contributed by atoms with Crippen molar-refractivity contribution in [2.24, 2.45) is 11.7 Å². The van der Waals surface area contributed by atoms with Gasteiger partial charge in [-0.25, -0.2) is 0 Å². The number of rotatable bonds is 4. The maximum Gasteiger partial charge on any atom is 0.0929 e. The molecule has 0 aliphatic heterocycles. The lowest BCUT2D eigenvalue weighted by Crippen LogP contribution is -2.13. The highest BCUT2D eigenvalue weighted by Crippen LogP contribution is 2.22. The number of aliphatic hydroxyl groups excluding tert-OH is 1. The molecule has 0 aliphatic carbocycles. The van der Waals surface area contributed by atoms with Gasteiger partial charge < -0.3 is 15.4 Å². The van der Waals surface area contributed by atoms with Gasteiger partial charge in [0.2, 0.25) is 0 Å². The van der Waals surface area contributed by atoms with E-state index in [9.17, 15) is 5.11 Å². The molecular formula is C12H22N2O. The molecule has 1 aromatic rings. The number of hydrogen-bond donors (Lipinski definition) is 2. The minimum Gasteiger partial charge on any atom is -0.387 e. The van der Waals surface area contributed by atoms with Crippen LogP contribution in [0.15, 0.2) is 6.07 Å². The summed E-state index contributed by atoms with van der Waals surface area (Å²) in [5.41, 5.74) is 8.78. The largest absolute Gasteiger partial charge is 0.387 e. The average molecular weight is 210 g/mol. The van der Waals surface area contributed by atoms with Gasteiger partial charge in [-0.3, -0.25) is 0 Å². The van der Waals surface area contributed by atoms with E-state index in [1.54, 1.807) is 0 Å². The highest BCUT2D eigenvalue weighted by molar-refractivity contribution is 5.29. The summed E-state index contributed by atoms with van der Waals surface area (Å²) in [5, 5.41) is 9.74. The molecule has 3 N–H and O–H groups in total. The van der Waals surface area contributed by atoms with Crippen LogP contribution < -0.4 is 5.73 Å². The van der Waals surface area contributed by atoms with Crippen molar-refractivity contribution in [3.05, 3.63) is 23.0 Å². The van der Waals surface area contributed by atoms with Crippen LogP contribution >= 0.6 is 0 Å². The highest BCUT2D eigenvalue weighted by Gasteiger charge is 2.15. The standard InChI is InChI=1S/C12H22N2O/c1-8(2)7-14-9(3)5-11(10(14)4)12(15)6-13/h5,8,12,15H,6-7,13H2,1-4H3/t12-/m1/s1. The van der Waals surface area contributed by atoms with Gasteiger partial charge in [0, 0.05) is 30.0 Å². The van der Waals surface area contributed by atoms with Crippen LogP contribution in [-0.2, 0) is 6.54 Å². The monoisotopic (exact) mass is 210 g/mol. The Hall–Kier alpha value is -0.800. The lowest BCUT2D eigenvalue weighted by atomic mass is 10.1. The van der Waals surface area contributed by atoms with Gasteiger partial charge in [-0.1, -0.05) is 13.8 Å². The van der Waals surface area contributed by atoms with E-state index in [-0.39, 0.29) is 6.54 Å². The Morgan fingerprint density at radius 1 is 1.40 bits per heavy atom. The molecule has 0 radical (unpaired) electrons. The molecule has 0 spiro atoms. The molecular weight excluding hydrogens is 188 g/mol. The topological polar surface area (TPSA) is 51.2 Å². The Labute approximate surface area is 91.9 Å². The molecule has 0 saturated carbocycles. The summed E-state index contributed by atoms with van der Waals surface area (Å²) in [6, 6.07) is 2.04. The van der Waals surface area contributed by atoms with E-state index in [1.165, 1.54) is 5.69 Å². The SMILES string of the molecule is Cc1cc([C@H](O)CN)c(C)n1CC(C)C. The Kier molecular flexibility index (Phi) is 3.94. The van der Waals surface area contributed by atoms with Gasteiger partial charge in [0.25, 0.3) is 0 Å². The molecule has 0 unspecified atom stereocenters. The number of aliphatic hydroxyl groups is 1. The number of aromatic nitrogens is 1. The maximum absolute atomic E-state index is 9.74. The molecule has 1 heterocycles. The quantitative estimate of drug-likeness (QED) is 0.795. The van der Waals surface area contributed by atoms with Crippen molar-refractivity contribution >= 4 is 0 Å². The summed E-state index contributed by atoms with van der Waals surface area (Å²) in [5.74, 6) is 0.609. The smallest absolute Gasteiger partial charge is 0.0929 e. The Morgan fingerprint density at radius 2 is 2.00 bits per heavy atom. The predicted molar refractivity (Wildman–Crippen MR) is 62.8 cm³/mol. The first-order valence-corrected chi connectivity index (χ1v) is 5.52. The molecule has 1 atom stereocenters. The van der Waals surface area contributed by atoms with Crippen molar-refractivity contribution in [3.8, 4) is 0 Å². The van der Waals surface area contributed by atoms with Gasteiger partial charge in [-0.2, -0.15) is 0 Å². The first-order chi connectivity index (χ1) is 6.97. The van der Waals surface area contributed by atoms with Crippen molar-refractivity contribution in [3.63, 3.8) is 0 Å². The average Bonchev–Trinajstić information content (AvgIpc) is 2.44. The summed E-state index contributed by atoms with van der Waals surface area (Å²) in [7, 11) is 0. The van der Waals surface area contributed by atoms with Crippen molar-refractivity contribution < 1.29 is 5.11 Å². The third kappa shape index (κ3) is 2.61. The third-order valence-corrected chi connectivity index (χ3v) is 2.74. The molecule has 0 bridgehead atoms. The number of aryl methyl sites for hydroxylation is 1. The van der Waals surface area contributed by atoms with Gasteiger partial charge >= 0.3 is 0 Å². The van der Waals surface area contributed by atoms with Crippen LogP contribution in [0, 0.1) is 19.8 Å². The second-order valence-electron chi connectivity index (χ2n) is 4.58. The van der Waals surface area contributed by atoms with Crippen LogP contribution in [0.5, 0.6) is 0 Å². The van der Waals surface area contributed by atoms with Gasteiger partial charge in [-0.15, -0.1) is 0 Å². The fraction of sp³-hybridized carbons (Fsp3) is 0.667. The molecule has 0 aromatic carbocycles. The minimum absolute atomic E-state index is 0.284. The van der Waals surface area contributed by atoms with E-state index in [0.29, 0.717) is 5.92 Å². The fourth-order valence-electron chi connectivity index (χ4n) is 1.94. The summed E-state index contributed by atoms with van der Waals surface area (Å²) in [6.07, 6.45) is -0.530. The van der Waals surface area contributed by atoms with Crippen LogP contribution in [0.25, 0.3) is 0 Å².